The number of hydrogen-bond acceptors (Lipinski definition) is 0. The highest BCUT2D eigenvalue weighted by Gasteiger charge is 2.24. The molecule has 0 unspecified atom stereocenters. The van der Waals surface area contributed by atoms with Crippen molar-refractivity contribution in [3.63, 3.8) is 0 Å². The fourth-order valence-corrected chi connectivity index (χ4v) is 5.31. The number of para-hydroxylation sites is 1. The van der Waals surface area contributed by atoms with Gasteiger partial charge in [0.2, 0.25) is 22.8 Å². The average Bonchev–Trinajstić information content (AvgIpc) is 3.01. The zero-order valence-electron chi connectivity index (χ0n) is 22.9. The van der Waals surface area contributed by atoms with Crippen LogP contribution >= 0.6 is 0 Å². The van der Waals surface area contributed by atoms with Crippen LogP contribution in [-0.2, 0) is 14.1 Å². The van der Waals surface area contributed by atoms with Crippen molar-refractivity contribution in [3.8, 4) is 39.5 Å². The predicted octanol–water partition coefficient (Wildman–Crippen LogP) is 6.78. The van der Waals surface area contributed by atoms with Gasteiger partial charge < -0.3 is 0 Å². The summed E-state index contributed by atoms with van der Waals surface area (Å²) in [6, 6.07) is 44.8. The van der Waals surface area contributed by atoms with Crippen LogP contribution in [0, 0.1) is 0 Å². The van der Waals surface area contributed by atoms with E-state index in [4.69, 9.17) is 0 Å². The van der Waals surface area contributed by atoms with Crippen LogP contribution in [0.25, 0.3) is 51.6 Å². The summed E-state index contributed by atoms with van der Waals surface area (Å²) in [6.45, 7) is 0. The van der Waals surface area contributed by atoms with E-state index in [0.717, 1.165) is 16.9 Å². The van der Waals surface area contributed by atoms with Gasteiger partial charge in [-0.3, -0.25) is 0 Å². The lowest BCUT2D eigenvalue weighted by Gasteiger charge is -2.09. The Morgan fingerprint density at radius 2 is 0.825 bits per heavy atom. The third-order valence-corrected chi connectivity index (χ3v) is 7.33. The Bertz CT molecular complexity index is 1830. The van der Waals surface area contributed by atoms with Crippen LogP contribution in [0.3, 0.4) is 0 Å². The van der Waals surface area contributed by atoms with Crippen LogP contribution in [0.2, 0.25) is 0 Å². The number of aromatic nitrogens is 3. The van der Waals surface area contributed by atoms with Crippen LogP contribution in [0.1, 0.15) is 11.1 Å². The maximum Gasteiger partial charge on any atom is 0.225 e. The first-order valence-corrected chi connectivity index (χ1v) is 13.6. The first-order chi connectivity index (χ1) is 19.7. The van der Waals surface area contributed by atoms with Crippen molar-refractivity contribution in [1.82, 2.24) is 0 Å². The fraction of sp³-hybridized carbons (Fsp3) is 0.0541. The summed E-state index contributed by atoms with van der Waals surface area (Å²) < 4.78 is 6.63. The van der Waals surface area contributed by atoms with Crippen LogP contribution in [0.4, 0.5) is 0 Å². The minimum Gasteiger partial charge on any atom is -0.201 e. The number of nitrogens with zero attached hydrogens (tertiary/aromatic N) is 3. The molecule has 0 aliphatic carbocycles. The van der Waals surface area contributed by atoms with E-state index in [1.54, 1.807) is 0 Å². The van der Waals surface area contributed by atoms with Crippen LogP contribution in [-0.4, -0.2) is 0 Å². The number of aryl methyl sites for hydroxylation is 2. The van der Waals surface area contributed by atoms with Crippen LogP contribution < -0.4 is 13.7 Å². The topological polar surface area (TPSA) is 11.6 Å². The molecule has 3 nitrogen and oxygen atoms in total. The zero-order chi connectivity index (χ0) is 27.3. The van der Waals surface area contributed by atoms with E-state index in [0.29, 0.717) is 0 Å². The Balaban J connectivity index is 1.46. The zero-order valence-corrected chi connectivity index (χ0v) is 22.9. The molecule has 0 aliphatic heterocycles. The molecule has 0 atom stereocenters. The summed E-state index contributed by atoms with van der Waals surface area (Å²) in [5.74, 6) is 0. The van der Waals surface area contributed by atoms with Crippen molar-refractivity contribution >= 4 is 12.2 Å². The third-order valence-electron chi connectivity index (χ3n) is 7.33. The Hall–Kier alpha value is -5.15. The molecule has 0 aliphatic rings. The van der Waals surface area contributed by atoms with Gasteiger partial charge in [-0.1, -0.05) is 60.7 Å². The van der Waals surface area contributed by atoms with Crippen molar-refractivity contribution in [1.29, 1.82) is 0 Å². The lowest BCUT2D eigenvalue weighted by molar-refractivity contribution is -0.661. The van der Waals surface area contributed by atoms with Gasteiger partial charge in [0.05, 0.1) is 11.1 Å². The van der Waals surface area contributed by atoms with Crippen LogP contribution in [0.15, 0.2) is 146 Å². The largest absolute Gasteiger partial charge is 0.225 e. The smallest absolute Gasteiger partial charge is 0.201 e. The summed E-state index contributed by atoms with van der Waals surface area (Å²) in [6.07, 6.45) is 10.8. The molecule has 0 spiro atoms. The monoisotopic (exact) mass is 518 g/mol. The molecule has 3 heterocycles. The third kappa shape index (κ3) is 4.97. The number of rotatable bonds is 6. The summed E-state index contributed by atoms with van der Waals surface area (Å²) >= 11 is 0. The molecular formula is C37H32N3+3. The van der Waals surface area contributed by atoms with Crippen molar-refractivity contribution in [2.75, 3.05) is 0 Å². The Labute approximate surface area is 236 Å². The van der Waals surface area contributed by atoms with E-state index >= 15 is 0 Å². The fourth-order valence-electron chi connectivity index (χ4n) is 5.31. The van der Waals surface area contributed by atoms with Gasteiger partial charge >= 0.3 is 0 Å². The van der Waals surface area contributed by atoms with Gasteiger partial charge in [0.25, 0.3) is 0 Å². The van der Waals surface area contributed by atoms with E-state index in [1.807, 2.05) is 0 Å². The molecule has 40 heavy (non-hydrogen) atoms. The van der Waals surface area contributed by atoms with Gasteiger partial charge in [-0.2, -0.15) is 4.57 Å². The van der Waals surface area contributed by atoms with Crippen molar-refractivity contribution in [2.45, 2.75) is 0 Å². The summed E-state index contributed by atoms with van der Waals surface area (Å²) in [5, 5.41) is 0. The number of hydrogen-bond donors (Lipinski definition) is 0. The highest BCUT2D eigenvalue weighted by atomic mass is 15.0. The highest BCUT2D eigenvalue weighted by Crippen LogP contribution is 2.28. The lowest BCUT2D eigenvalue weighted by atomic mass is 9.99. The summed E-state index contributed by atoms with van der Waals surface area (Å²) in [7, 11) is 4.18. The van der Waals surface area contributed by atoms with Crippen molar-refractivity contribution in [2.24, 2.45) is 14.1 Å². The van der Waals surface area contributed by atoms with Gasteiger partial charge in [-0.15, -0.1) is 0 Å². The summed E-state index contributed by atoms with van der Waals surface area (Å²) in [5.41, 5.74) is 10.5. The molecule has 3 aromatic heterocycles. The van der Waals surface area contributed by atoms with E-state index in [9.17, 15) is 0 Å². The van der Waals surface area contributed by atoms with E-state index in [2.05, 4.69) is 186 Å². The molecule has 6 rings (SSSR count). The average molecular weight is 519 g/mol. The Morgan fingerprint density at radius 1 is 0.400 bits per heavy atom. The van der Waals surface area contributed by atoms with Gasteiger partial charge in [0, 0.05) is 42.5 Å². The standard InChI is InChI=1S/C37H32N3/c1-38-26-12-9-20-34(38)31-17-5-3-15-29(31)24-25-30-16-4-6-18-32(30)36-23-11-14-28-40(36)37-22-8-7-19-33(37)35-21-10-13-27-39(35)2/h3-28H,1-2H3/q+3. The molecule has 0 fully saturated rings. The molecule has 0 N–H and O–H groups in total. The molecule has 6 aromatic rings. The second kappa shape index (κ2) is 11.3. The lowest BCUT2D eigenvalue weighted by Crippen LogP contribution is -2.36. The molecular weight excluding hydrogens is 486 g/mol. The van der Waals surface area contributed by atoms with Gasteiger partial charge in [0.15, 0.2) is 18.6 Å². The molecule has 0 saturated heterocycles. The van der Waals surface area contributed by atoms with Gasteiger partial charge in [-0.25, -0.2) is 9.13 Å². The van der Waals surface area contributed by atoms with Gasteiger partial charge in [0.1, 0.15) is 19.7 Å². The van der Waals surface area contributed by atoms with E-state index in [-0.39, 0.29) is 0 Å². The minimum atomic E-state index is 1.14. The van der Waals surface area contributed by atoms with Crippen LogP contribution in [0.5, 0.6) is 0 Å². The first kappa shape index (κ1) is 25.1. The normalized spacial score (nSPS) is 11.2. The molecule has 0 saturated carbocycles. The molecule has 3 aromatic carbocycles. The number of pyridine rings is 3. The second-order valence-corrected chi connectivity index (χ2v) is 9.87. The minimum absolute atomic E-state index is 1.14. The maximum atomic E-state index is 2.30. The first-order valence-electron chi connectivity index (χ1n) is 13.6. The molecule has 0 amide bonds. The van der Waals surface area contributed by atoms with Crippen molar-refractivity contribution < 1.29 is 13.7 Å². The maximum absolute atomic E-state index is 2.30. The SMILES string of the molecule is C[n+]1ccccc1-c1ccccc1C=Cc1ccccc1-c1cccc[n+]1-c1ccccc1-c1cccc[n+]1C. The molecule has 192 valence electrons. The van der Waals surface area contributed by atoms with Gasteiger partial charge in [-0.05, 0) is 47.5 Å². The predicted molar refractivity (Wildman–Crippen MR) is 162 cm³/mol. The quantitative estimate of drug-likeness (QED) is 0.170. The summed E-state index contributed by atoms with van der Waals surface area (Å²) in [4.78, 5) is 0. The molecule has 0 bridgehead atoms. The Morgan fingerprint density at radius 3 is 1.43 bits per heavy atom. The second-order valence-electron chi connectivity index (χ2n) is 9.87. The highest BCUT2D eigenvalue weighted by molar-refractivity contribution is 5.83. The van der Waals surface area contributed by atoms with E-state index < -0.39 is 0 Å². The van der Waals surface area contributed by atoms with E-state index in [1.165, 1.54) is 33.6 Å². The van der Waals surface area contributed by atoms with Crippen molar-refractivity contribution in [3.05, 3.63) is 157 Å². The molecule has 0 radical (unpaired) electrons. The number of benzene rings is 3. The molecule has 3 heteroatoms. The Kier molecular flexibility index (Phi) is 7.11.